The molecule has 0 aliphatic carbocycles. The van der Waals surface area contributed by atoms with Gasteiger partial charge in [-0.1, -0.05) is 33.6 Å². The monoisotopic (exact) mass is 340 g/mol. The highest BCUT2D eigenvalue weighted by Crippen LogP contribution is 2.28. The summed E-state index contributed by atoms with van der Waals surface area (Å²) in [5.74, 6) is 0.0529. The lowest BCUT2D eigenvalue weighted by Gasteiger charge is -2.12. The number of aliphatic hydroxyl groups excluding tert-OH is 1. The summed E-state index contributed by atoms with van der Waals surface area (Å²) < 4.78 is 14.4. The number of rotatable bonds is 4. The molecule has 2 aromatic carbocycles. The van der Waals surface area contributed by atoms with Crippen LogP contribution in [0.4, 0.5) is 4.39 Å². The summed E-state index contributed by atoms with van der Waals surface area (Å²) in [5, 5.41) is 10.1. The number of hydrogen-bond acceptors (Lipinski definition) is 2. The van der Waals surface area contributed by atoms with E-state index in [4.69, 9.17) is 0 Å². The lowest BCUT2D eigenvalue weighted by atomic mass is 10.1. The van der Waals surface area contributed by atoms with Crippen LogP contribution in [0.5, 0.6) is 0 Å². The summed E-state index contributed by atoms with van der Waals surface area (Å²) in [5.41, 5.74) is 1.50. The molecule has 0 spiro atoms. The first-order chi connectivity index (χ1) is 9.06. The van der Waals surface area contributed by atoms with Gasteiger partial charge in [0.2, 0.25) is 0 Å². The van der Waals surface area contributed by atoms with Gasteiger partial charge >= 0.3 is 0 Å². The Labute approximate surface area is 125 Å². The molecule has 2 rings (SSSR count). The topological polar surface area (TPSA) is 20.2 Å². The SMILES string of the molecule is Cc1cccc(SCC(O)c2cc(Br)ccc2F)c1. The van der Waals surface area contributed by atoms with Crippen molar-refractivity contribution in [3.8, 4) is 0 Å². The largest absolute Gasteiger partial charge is 0.387 e. The van der Waals surface area contributed by atoms with Gasteiger partial charge in [0.15, 0.2) is 0 Å². The number of aryl methyl sites for hydroxylation is 1. The minimum absolute atomic E-state index is 0.328. The molecule has 1 atom stereocenters. The summed E-state index contributed by atoms with van der Waals surface area (Å²) in [6.45, 7) is 2.02. The molecule has 4 heteroatoms. The van der Waals surface area contributed by atoms with E-state index in [1.807, 2.05) is 25.1 Å². The molecule has 1 unspecified atom stereocenters. The maximum absolute atomic E-state index is 13.6. The molecule has 0 heterocycles. The summed E-state index contributed by atoms with van der Waals surface area (Å²) in [7, 11) is 0. The van der Waals surface area contributed by atoms with Crippen molar-refractivity contribution in [1.82, 2.24) is 0 Å². The van der Waals surface area contributed by atoms with E-state index >= 15 is 0 Å². The summed E-state index contributed by atoms with van der Waals surface area (Å²) in [6.07, 6.45) is -0.817. The standard InChI is InChI=1S/C15H14BrFOS/c1-10-3-2-4-12(7-10)19-9-15(18)13-8-11(16)5-6-14(13)17/h2-8,15,18H,9H2,1H3. The first kappa shape index (κ1) is 14.6. The molecule has 2 aromatic rings. The van der Waals surface area contributed by atoms with Gasteiger partial charge in [0.05, 0.1) is 6.10 Å². The van der Waals surface area contributed by atoms with Crippen LogP contribution in [0.25, 0.3) is 0 Å². The van der Waals surface area contributed by atoms with Gasteiger partial charge in [0.25, 0.3) is 0 Å². The van der Waals surface area contributed by atoms with Crippen LogP contribution in [0, 0.1) is 12.7 Å². The Balaban J connectivity index is 2.05. The first-order valence-corrected chi connectivity index (χ1v) is 7.66. The fraction of sp³-hybridized carbons (Fsp3) is 0.200. The van der Waals surface area contributed by atoms with E-state index in [-0.39, 0.29) is 5.82 Å². The normalized spacial score (nSPS) is 12.4. The van der Waals surface area contributed by atoms with Crippen molar-refractivity contribution >= 4 is 27.7 Å². The Hall–Kier alpha value is -0.840. The molecule has 0 aliphatic heterocycles. The maximum atomic E-state index is 13.6. The predicted octanol–water partition coefficient (Wildman–Crippen LogP) is 4.72. The first-order valence-electron chi connectivity index (χ1n) is 5.89. The fourth-order valence-corrected chi connectivity index (χ4v) is 3.09. The predicted molar refractivity (Wildman–Crippen MR) is 81.0 cm³/mol. The van der Waals surface area contributed by atoms with Crippen LogP contribution in [0.3, 0.4) is 0 Å². The highest BCUT2D eigenvalue weighted by atomic mass is 79.9. The third-order valence-corrected chi connectivity index (χ3v) is 4.28. The van der Waals surface area contributed by atoms with E-state index in [0.717, 1.165) is 9.37 Å². The van der Waals surface area contributed by atoms with Crippen LogP contribution < -0.4 is 0 Å². The Morgan fingerprint density at radius 1 is 1.26 bits per heavy atom. The molecule has 0 radical (unpaired) electrons. The lowest BCUT2D eigenvalue weighted by molar-refractivity contribution is 0.199. The van der Waals surface area contributed by atoms with Crippen molar-refractivity contribution < 1.29 is 9.50 Å². The van der Waals surface area contributed by atoms with E-state index in [1.54, 1.807) is 12.1 Å². The molecule has 0 saturated carbocycles. The Morgan fingerprint density at radius 2 is 2.05 bits per heavy atom. The lowest BCUT2D eigenvalue weighted by Crippen LogP contribution is -2.03. The number of aliphatic hydroxyl groups is 1. The van der Waals surface area contributed by atoms with Gasteiger partial charge in [-0.2, -0.15) is 0 Å². The quantitative estimate of drug-likeness (QED) is 0.812. The molecular weight excluding hydrogens is 327 g/mol. The van der Waals surface area contributed by atoms with Gasteiger partial charge in [-0.3, -0.25) is 0 Å². The van der Waals surface area contributed by atoms with Gasteiger partial charge in [-0.05, 0) is 37.3 Å². The smallest absolute Gasteiger partial charge is 0.129 e. The molecule has 1 N–H and O–H groups in total. The molecule has 0 amide bonds. The average Bonchev–Trinajstić information content (AvgIpc) is 2.39. The summed E-state index contributed by atoms with van der Waals surface area (Å²) in [4.78, 5) is 1.08. The minimum Gasteiger partial charge on any atom is -0.387 e. The molecule has 0 aromatic heterocycles. The van der Waals surface area contributed by atoms with Gasteiger partial charge in [0, 0.05) is 20.7 Å². The number of thioether (sulfide) groups is 1. The van der Waals surface area contributed by atoms with Gasteiger partial charge in [-0.25, -0.2) is 4.39 Å². The molecule has 1 nitrogen and oxygen atoms in total. The van der Waals surface area contributed by atoms with Gasteiger partial charge in [0.1, 0.15) is 5.82 Å². The van der Waals surface area contributed by atoms with Crippen LogP contribution in [0.2, 0.25) is 0 Å². The zero-order valence-corrected chi connectivity index (χ0v) is 12.8. The van der Waals surface area contributed by atoms with Crippen LogP contribution in [-0.4, -0.2) is 10.9 Å². The van der Waals surface area contributed by atoms with Crippen LogP contribution in [0.1, 0.15) is 17.2 Å². The maximum Gasteiger partial charge on any atom is 0.129 e. The average molecular weight is 341 g/mol. The Morgan fingerprint density at radius 3 is 2.79 bits per heavy atom. The third kappa shape index (κ3) is 4.06. The van der Waals surface area contributed by atoms with E-state index in [2.05, 4.69) is 22.0 Å². The van der Waals surface area contributed by atoms with Crippen LogP contribution in [0.15, 0.2) is 51.8 Å². The third-order valence-electron chi connectivity index (χ3n) is 2.71. The van der Waals surface area contributed by atoms with Crippen LogP contribution in [-0.2, 0) is 0 Å². The van der Waals surface area contributed by atoms with Crippen molar-refractivity contribution in [2.24, 2.45) is 0 Å². The Bertz CT molecular complexity index is 574. The van der Waals surface area contributed by atoms with Crippen molar-refractivity contribution in [3.63, 3.8) is 0 Å². The van der Waals surface area contributed by atoms with E-state index in [1.165, 1.54) is 23.4 Å². The molecule has 0 saturated heterocycles. The van der Waals surface area contributed by atoms with Crippen LogP contribution >= 0.6 is 27.7 Å². The molecule has 0 bridgehead atoms. The number of benzene rings is 2. The van der Waals surface area contributed by atoms with Crippen molar-refractivity contribution in [2.75, 3.05) is 5.75 Å². The second-order valence-corrected chi connectivity index (χ2v) is 6.32. The number of hydrogen-bond donors (Lipinski definition) is 1. The van der Waals surface area contributed by atoms with E-state index < -0.39 is 6.10 Å². The zero-order chi connectivity index (χ0) is 13.8. The van der Waals surface area contributed by atoms with Crippen molar-refractivity contribution in [1.29, 1.82) is 0 Å². The Kier molecular flexibility index (Phi) is 5.02. The summed E-state index contributed by atoms with van der Waals surface area (Å²) >= 11 is 4.81. The molecule has 19 heavy (non-hydrogen) atoms. The van der Waals surface area contributed by atoms with Crippen molar-refractivity contribution in [2.45, 2.75) is 17.9 Å². The van der Waals surface area contributed by atoms with E-state index in [0.29, 0.717) is 11.3 Å². The second kappa shape index (κ2) is 6.55. The van der Waals surface area contributed by atoms with Gasteiger partial charge < -0.3 is 5.11 Å². The highest BCUT2D eigenvalue weighted by molar-refractivity contribution is 9.10. The van der Waals surface area contributed by atoms with Crippen molar-refractivity contribution in [3.05, 3.63) is 63.9 Å². The second-order valence-electron chi connectivity index (χ2n) is 4.31. The highest BCUT2D eigenvalue weighted by Gasteiger charge is 2.13. The zero-order valence-electron chi connectivity index (χ0n) is 10.4. The minimum atomic E-state index is -0.817. The molecule has 0 aliphatic rings. The fourth-order valence-electron chi connectivity index (χ4n) is 1.74. The molecular formula is C15H14BrFOS. The molecule has 100 valence electrons. The number of halogens is 2. The van der Waals surface area contributed by atoms with Gasteiger partial charge in [-0.15, -0.1) is 11.8 Å². The molecule has 0 fully saturated rings. The van der Waals surface area contributed by atoms with E-state index in [9.17, 15) is 9.50 Å². The summed E-state index contributed by atoms with van der Waals surface area (Å²) in [6, 6.07) is 12.6.